The topological polar surface area (TPSA) is 63.6 Å². The number of aliphatic carboxylic acids is 1. The summed E-state index contributed by atoms with van der Waals surface area (Å²) >= 11 is 0. The van der Waals surface area contributed by atoms with E-state index in [9.17, 15) is 9.59 Å². The Morgan fingerprint density at radius 2 is 1.69 bits per heavy atom. The number of methoxy groups -OCH3 is 1. The maximum atomic E-state index is 11.9. The number of carboxylic acids is 1. The average Bonchev–Trinajstić information content (AvgIpc) is 2.28. The molecule has 0 unspecified atom stereocenters. The number of Topliss-reactive ketones (excluding diaryl/α,β-unsaturated/α-hetero) is 1. The highest BCUT2D eigenvalue weighted by Crippen LogP contribution is 2.23. The van der Waals surface area contributed by atoms with Gasteiger partial charge >= 0.3 is 5.97 Å². The summed E-state index contributed by atoms with van der Waals surface area (Å²) in [6.07, 6.45) is 0. The molecule has 0 aliphatic rings. The minimum atomic E-state index is -1.41. The van der Waals surface area contributed by atoms with E-state index in [1.165, 1.54) is 21.0 Å². The molecule has 1 rings (SSSR count). The highest BCUT2D eigenvalue weighted by Gasteiger charge is 2.36. The van der Waals surface area contributed by atoms with Crippen LogP contribution in [0.15, 0.2) is 24.3 Å². The molecule has 4 heteroatoms. The largest absolute Gasteiger partial charge is 0.497 e. The molecule has 0 bridgehead atoms. The maximum Gasteiger partial charge on any atom is 0.316 e. The Bertz CT molecular complexity index is 404. The predicted octanol–water partition coefficient (Wildman–Crippen LogP) is 1.99. The number of ether oxygens (including phenoxy) is 1. The van der Waals surface area contributed by atoms with Crippen molar-refractivity contribution >= 4 is 11.8 Å². The Kier molecular flexibility index (Phi) is 3.32. The first-order valence-electron chi connectivity index (χ1n) is 4.82. The first-order valence-corrected chi connectivity index (χ1v) is 4.82. The summed E-state index contributed by atoms with van der Waals surface area (Å²) in [5, 5.41) is 8.93. The number of hydrogen-bond acceptors (Lipinski definition) is 3. The van der Waals surface area contributed by atoms with Crippen LogP contribution in [0.5, 0.6) is 5.75 Å². The smallest absolute Gasteiger partial charge is 0.316 e. The van der Waals surface area contributed by atoms with Crippen molar-refractivity contribution in [3.63, 3.8) is 0 Å². The number of hydrogen-bond donors (Lipinski definition) is 1. The molecular weight excluding hydrogens is 208 g/mol. The van der Waals surface area contributed by atoms with Crippen LogP contribution in [-0.2, 0) is 4.79 Å². The van der Waals surface area contributed by atoms with Gasteiger partial charge in [-0.05, 0) is 38.1 Å². The molecule has 0 radical (unpaired) electrons. The van der Waals surface area contributed by atoms with Crippen molar-refractivity contribution < 1.29 is 19.4 Å². The zero-order valence-corrected chi connectivity index (χ0v) is 9.48. The minimum absolute atomic E-state index is 0.369. The standard InChI is InChI=1S/C12H14O4/c1-12(2,11(14)15)10(13)8-4-6-9(16-3)7-5-8/h4-7H,1-3H3,(H,14,15). The second-order valence-electron chi connectivity index (χ2n) is 3.99. The van der Waals surface area contributed by atoms with Gasteiger partial charge in [-0.25, -0.2) is 0 Å². The molecule has 0 spiro atoms. The molecule has 16 heavy (non-hydrogen) atoms. The van der Waals surface area contributed by atoms with E-state index >= 15 is 0 Å². The highest BCUT2D eigenvalue weighted by atomic mass is 16.5. The quantitative estimate of drug-likeness (QED) is 0.625. The van der Waals surface area contributed by atoms with Gasteiger partial charge < -0.3 is 9.84 Å². The molecule has 1 aromatic rings. The van der Waals surface area contributed by atoms with E-state index in [1.54, 1.807) is 24.3 Å². The Balaban J connectivity index is 3.01. The van der Waals surface area contributed by atoms with E-state index in [0.717, 1.165) is 0 Å². The van der Waals surface area contributed by atoms with Crippen molar-refractivity contribution in [2.24, 2.45) is 5.41 Å². The molecule has 0 aliphatic heterocycles. The van der Waals surface area contributed by atoms with Gasteiger partial charge in [0.15, 0.2) is 5.78 Å². The van der Waals surface area contributed by atoms with Gasteiger partial charge in [-0.3, -0.25) is 9.59 Å². The number of benzene rings is 1. The van der Waals surface area contributed by atoms with E-state index in [1.807, 2.05) is 0 Å². The van der Waals surface area contributed by atoms with Crippen molar-refractivity contribution in [2.45, 2.75) is 13.8 Å². The van der Waals surface area contributed by atoms with E-state index in [2.05, 4.69) is 0 Å². The molecule has 0 aliphatic carbocycles. The normalized spacial score (nSPS) is 10.9. The van der Waals surface area contributed by atoms with Gasteiger partial charge in [-0.2, -0.15) is 0 Å². The summed E-state index contributed by atoms with van der Waals surface area (Å²) in [5.41, 5.74) is -1.04. The summed E-state index contributed by atoms with van der Waals surface area (Å²) in [6, 6.07) is 6.38. The van der Waals surface area contributed by atoms with Gasteiger partial charge in [0, 0.05) is 5.56 Å². The lowest BCUT2D eigenvalue weighted by molar-refractivity contribution is -0.144. The van der Waals surface area contributed by atoms with Gasteiger partial charge in [-0.15, -0.1) is 0 Å². The van der Waals surface area contributed by atoms with Gasteiger partial charge in [0.05, 0.1) is 7.11 Å². The number of rotatable bonds is 4. The third-order valence-corrected chi connectivity index (χ3v) is 2.45. The van der Waals surface area contributed by atoms with Crippen LogP contribution in [0.1, 0.15) is 24.2 Å². The van der Waals surface area contributed by atoms with Gasteiger partial charge in [0.25, 0.3) is 0 Å². The molecule has 0 heterocycles. The molecule has 0 saturated heterocycles. The van der Waals surface area contributed by atoms with E-state index in [4.69, 9.17) is 9.84 Å². The molecule has 0 amide bonds. The lowest BCUT2D eigenvalue weighted by Gasteiger charge is -2.17. The Hall–Kier alpha value is -1.84. The summed E-state index contributed by atoms with van der Waals surface area (Å²) in [4.78, 5) is 22.8. The van der Waals surface area contributed by atoms with Crippen molar-refractivity contribution in [3.8, 4) is 5.75 Å². The first-order chi connectivity index (χ1) is 7.39. The molecule has 1 N–H and O–H groups in total. The number of carbonyl (C=O) groups excluding carboxylic acids is 1. The molecule has 0 atom stereocenters. The van der Waals surface area contributed by atoms with Crippen LogP contribution in [0.2, 0.25) is 0 Å². The number of carbonyl (C=O) groups is 2. The monoisotopic (exact) mass is 222 g/mol. The summed E-state index contributed by atoms with van der Waals surface area (Å²) in [7, 11) is 1.53. The Morgan fingerprint density at radius 1 is 1.19 bits per heavy atom. The lowest BCUT2D eigenvalue weighted by atomic mass is 9.84. The van der Waals surface area contributed by atoms with Crippen LogP contribution in [-0.4, -0.2) is 24.0 Å². The van der Waals surface area contributed by atoms with Gasteiger partial charge in [-0.1, -0.05) is 0 Å². The molecule has 0 aromatic heterocycles. The summed E-state index contributed by atoms with van der Waals surface area (Å²) in [5.74, 6) is -0.916. The minimum Gasteiger partial charge on any atom is -0.497 e. The Morgan fingerprint density at radius 3 is 2.06 bits per heavy atom. The zero-order chi connectivity index (χ0) is 12.3. The second-order valence-corrected chi connectivity index (χ2v) is 3.99. The van der Waals surface area contributed by atoms with Crippen LogP contribution in [0, 0.1) is 5.41 Å². The van der Waals surface area contributed by atoms with Gasteiger partial charge in [0.1, 0.15) is 11.2 Å². The van der Waals surface area contributed by atoms with Crippen LogP contribution in [0.3, 0.4) is 0 Å². The fourth-order valence-electron chi connectivity index (χ4n) is 1.20. The van der Waals surface area contributed by atoms with Crippen LogP contribution in [0.4, 0.5) is 0 Å². The Labute approximate surface area is 93.9 Å². The maximum absolute atomic E-state index is 11.9. The fraction of sp³-hybridized carbons (Fsp3) is 0.333. The molecule has 1 aromatic carbocycles. The highest BCUT2D eigenvalue weighted by molar-refractivity contribution is 6.11. The van der Waals surface area contributed by atoms with Crippen LogP contribution < -0.4 is 4.74 Å². The van der Waals surface area contributed by atoms with Gasteiger partial charge in [0.2, 0.25) is 0 Å². The third-order valence-electron chi connectivity index (χ3n) is 2.45. The van der Waals surface area contributed by atoms with Crippen molar-refractivity contribution in [1.82, 2.24) is 0 Å². The summed E-state index contributed by atoms with van der Waals surface area (Å²) in [6.45, 7) is 2.78. The summed E-state index contributed by atoms with van der Waals surface area (Å²) < 4.78 is 4.95. The first kappa shape index (κ1) is 12.2. The van der Waals surface area contributed by atoms with Crippen LogP contribution >= 0.6 is 0 Å². The average molecular weight is 222 g/mol. The second kappa shape index (κ2) is 4.35. The van der Waals surface area contributed by atoms with E-state index < -0.39 is 17.2 Å². The van der Waals surface area contributed by atoms with Crippen LogP contribution in [0.25, 0.3) is 0 Å². The fourth-order valence-corrected chi connectivity index (χ4v) is 1.20. The molecular formula is C12H14O4. The van der Waals surface area contributed by atoms with Crippen molar-refractivity contribution in [3.05, 3.63) is 29.8 Å². The predicted molar refractivity (Wildman–Crippen MR) is 58.7 cm³/mol. The van der Waals surface area contributed by atoms with Crippen molar-refractivity contribution in [1.29, 1.82) is 0 Å². The zero-order valence-electron chi connectivity index (χ0n) is 9.48. The SMILES string of the molecule is COc1ccc(C(=O)C(C)(C)C(=O)O)cc1. The van der Waals surface area contributed by atoms with E-state index in [0.29, 0.717) is 11.3 Å². The molecule has 0 fully saturated rings. The molecule has 0 saturated carbocycles. The number of carboxylic acid groups (broad SMARTS) is 1. The lowest BCUT2D eigenvalue weighted by Crippen LogP contribution is -2.33. The van der Waals surface area contributed by atoms with E-state index in [-0.39, 0.29) is 0 Å². The van der Waals surface area contributed by atoms with Crippen molar-refractivity contribution in [2.75, 3.05) is 7.11 Å². The third kappa shape index (κ3) is 2.21. The molecule has 4 nitrogen and oxygen atoms in total. The number of ketones is 1. The molecule has 86 valence electrons.